The molecule has 1 aliphatic rings. The van der Waals surface area contributed by atoms with E-state index in [0.717, 1.165) is 16.8 Å². The van der Waals surface area contributed by atoms with Gasteiger partial charge in [0.25, 0.3) is 5.91 Å². The Bertz CT molecular complexity index is 1010. The molecule has 33 heavy (non-hydrogen) atoms. The maximum absolute atomic E-state index is 13.4. The minimum Gasteiger partial charge on any atom is -0.484 e. The number of alkyl halides is 3. The van der Waals surface area contributed by atoms with Crippen LogP contribution < -0.4 is 20.7 Å². The summed E-state index contributed by atoms with van der Waals surface area (Å²) in [7, 11) is 1.18. The van der Waals surface area contributed by atoms with Crippen molar-refractivity contribution in [3.8, 4) is 5.75 Å². The third-order valence-corrected chi connectivity index (χ3v) is 5.33. The van der Waals surface area contributed by atoms with Gasteiger partial charge in [-0.1, -0.05) is 11.6 Å². The Morgan fingerprint density at radius 1 is 1.30 bits per heavy atom. The van der Waals surface area contributed by atoms with Crippen molar-refractivity contribution in [1.29, 1.82) is 0 Å². The van der Waals surface area contributed by atoms with Gasteiger partial charge in [0.2, 0.25) is 5.91 Å². The number of aryl methyl sites for hydroxylation is 1. The summed E-state index contributed by atoms with van der Waals surface area (Å²) in [5.41, 5.74) is -0.800. The molecule has 1 aliphatic heterocycles. The standard InChI is InChI=1S/C20H22ClF4N5O3/c1-30-17(20(23,24)25)6-12(29-30)9-27-19(32)16-5-2-11(8-26-16)28-18(31)10-33-13-3-4-14(21)15(22)7-13/h3-4,6-7,11,16,26H,2,5,8-10H2,1H3,(H,27,32)(H,28,31). The topological polar surface area (TPSA) is 97.3 Å². The van der Waals surface area contributed by atoms with E-state index in [1.165, 1.54) is 19.2 Å². The highest BCUT2D eigenvalue weighted by atomic mass is 35.5. The number of piperidine rings is 1. The Hall–Kier alpha value is -2.86. The van der Waals surface area contributed by atoms with Gasteiger partial charge >= 0.3 is 6.18 Å². The number of amides is 2. The van der Waals surface area contributed by atoms with Crippen LogP contribution in [0.5, 0.6) is 5.75 Å². The van der Waals surface area contributed by atoms with Crippen LogP contribution in [0, 0.1) is 5.82 Å². The first-order chi connectivity index (χ1) is 15.5. The van der Waals surface area contributed by atoms with Crippen LogP contribution in [0.4, 0.5) is 17.6 Å². The van der Waals surface area contributed by atoms with E-state index in [4.69, 9.17) is 16.3 Å². The number of rotatable bonds is 7. The zero-order valence-corrected chi connectivity index (χ0v) is 18.3. The molecule has 0 spiro atoms. The van der Waals surface area contributed by atoms with Gasteiger partial charge in [-0.05, 0) is 31.0 Å². The van der Waals surface area contributed by atoms with E-state index in [9.17, 15) is 27.2 Å². The Kier molecular flexibility index (Phi) is 7.80. The van der Waals surface area contributed by atoms with Crippen molar-refractivity contribution in [2.45, 2.75) is 37.6 Å². The lowest BCUT2D eigenvalue weighted by Gasteiger charge is -2.29. The van der Waals surface area contributed by atoms with Gasteiger partial charge in [-0.3, -0.25) is 14.3 Å². The van der Waals surface area contributed by atoms with Crippen molar-refractivity contribution < 1.29 is 31.9 Å². The lowest BCUT2D eigenvalue weighted by molar-refractivity contribution is -0.143. The molecule has 13 heteroatoms. The summed E-state index contributed by atoms with van der Waals surface area (Å²) in [5, 5.41) is 12.0. The number of nitrogens with one attached hydrogen (secondary N) is 3. The normalized spacial score (nSPS) is 18.6. The van der Waals surface area contributed by atoms with Crippen LogP contribution >= 0.6 is 11.6 Å². The van der Waals surface area contributed by atoms with E-state index in [1.807, 2.05) is 0 Å². The van der Waals surface area contributed by atoms with Crippen molar-refractivity contribution >= 4 is 23.4 Å². The van der Waals surface area contributed by atoms with Crippen molar-refractivity contribution in [3.63, 3.8) is 0 Å². The second-order valence-corrected chi connectivity index (χ2v) is 7.93. The van der Waals surface area contributed by atoms with E-state index in [1.54, 1.807) is 0 Å². The predicted molar refractivity (Wildman–Crippen MR) is 110 cm³/mol. The number of carbonyl (C=O) groups is 2. The summed E-state index contributed by atoms with van der Waals surface area (Å²) in [6, 6.07) is 3.95. The lowest BCUT2D eigenvalue weighted by Crippen LogP contribution is -2.54. The number of benzene rings is 1. The summed E-state index contributed by atoms with van der Waals surface area (Å²) in [5.74, 6) is -1.26. The van der Waals surface area contributed by atoms with Crippen molar-refractivity contribution in [2.24, 2.45) is 7.05 Å². The zero-order chi connectivity index (χ0) is 24.2. The molecule has 2 aromatic rings. The monoisotopic (exact) mass is 491 g/mol. The summed E-state index contributed by atoms with van der Waals surface area (Å²) in [6.45, 7) is -0.129. The molecule has 1 aromatic heterocycles. The van der Waals surface area contributed by atoms with Gasteiger partial charge in [-0.25, -0.2) is 4.39 Å². The van der Waals surface area contributed by atoms with Gasteiger partial charge < -0.3 is 20.7 Å². The largest absolute Gasteiger partial charge is 0.484 e. The molecule has 1 saturated heterocycles. The summed E-state index contributed by atoms with van der Waals surface area (Å²) >= 11 is 5.59. The van der Waals surface area contributed by atoms with E-state index in [0.29, 0.717) is 19.4 Å². The molecule has 0 bridgehead atoms. The number of ether oxygens (including phenoxy) is 1. The number of nitrogens with zero attached hydrogens (tertiary/aromatic N) is 2. The van der Waals surface area contributed by atoms with Crippen LogP contribution in [0.15, 0.2) is 24.3 Å². The van der Waals surface area contributed by atoms with Gasteiger partial charge in [-0.2, -0.15) is 18.3 Å². The summed E-state index contributed by atoms with van der Waals surface area (Å²) in [6.07, 6.45) is -3.60. The average molecular weight is 492 g/mol. The van der Waals surface area contributed by atoms with Crippen LogP contribution in [0.3, 0.4) is 0 Å². The molecular weight excluding hydrogens is 470 g/mol. The molecular formula is C20H22ClF4N5O3. The molecule has 2 heterocycles. The Morgan fingerprint density at radius 3 is 2.67 bits per heavy atom. The van der Waals surface area contributed by atoms with E-state index < -0.39 is 29.6 Å². The quantitative estimate of drug-likeness (QED) is 0.516. The van der Waals surface area contributed by atoms with E-state index in [2.05, 4.69) is 21.0 Å². The first-order valence-electron chi connectivity index (χ1n) is 10.0. The lowest BCUT2D eigenvalue weighted by atomic mass is 10.00. The third kappa shape index (κ3) is 6.81. The third-order valence-electron chi connectivity index (χ3n) is 5.02. The first kappa shape index (κ1) is 24.8. The molecule has 1 aromatic carbocycles. The van der Waals surface area contributed by atoms with Crippen LogP contribution in [0.1, 0.15) is 24.2 Å². The predicted octanol–water partition coefficient (Wildman–Crippen LogP) is 2.16. The van der Waals surface area contributed by atoms with Crippen molar-refractivity contribution in [1.82, 2.24) is 25.7 Å². The number of halogens is 5. The fraction of sp³-hybridized carbons (Fsp3) is 0.450. The Labute approximate surface area is 191 Å². The van der Waals surface area contributed by atoms with Crippen molar-refractivity contribution in [2.75, 3.05) is 13.2 Å². The zero-order valence-electron chi connectivity index (χ0n) is 17.5. The molecule has 0 saturated carbocycles. The fourth-order valence-electron chi connectivity index (χ4n) is 3.37. The van der Waals surface area contributed by atoms with Gasteiger partial charge in [0.1, 0.15) is 17.3 Å². The number of carbonyl (C=O) groups excluding carboxylic acids is 2. The molecule has 2 atom stereocenters. The van der Waals surface area contributed by atoms with Gasteiger partial charge in [-0.15, -0.1) is 0 Å². The maximum atomic E-state index is 13.4. The summed E-state index contributed by atoms with van der Waals surface area (Å²) < 4.78 is 57.8. The Morgan fingerprint density at radius 2 is 2.06 bits per heavy atom. The Balaban J connectivity index is 1.38. The summed E-state index contributed by atoms with van der Waals surface area (Å²) in [4.78, 5) is 24.4. The first-order valence-corrected chi connectivity index (χ1v) is 10.4. The molecule has 2 amide bonds. The average Bonchev–Trinajstić information content (AvgIpc) is 3.14. The molecule has 3 N–H and O–H groups in total. The minimum atomic E-state index is -4.52. The second-order valence-electron chi connectivity index (χ2n) is 7.53. The SMILES string of the molecule is Cn1nc(CNC(=O)C2CCC(NC(=O)COc3ccc(Cl)c(F)c3)CN2)cc1C(F)(F)F. The number of hydrogen-bond acceptors (Lipinski definition) is 5. The fourth-order valence-corrected chi connectivity index (χ4v) is 3.49. The van der Waals surface area contributed by atoms with Crippen LogP contribution in [0.2, 0.25) is 5.02 Å². The maximum Gasteiger partial charge on any atom is 0.433 e. The van der Waals surface area contributed by atoms with Crippen LogP contribution in [-0.2, 0) is 29.4 Å². The number of aromatic nitrogens is 2. The van der Waals surface area contributed by atoms with Gasteiger partial charge in [0, 0.05) is 25.7 Å². The number of hydrogen-bond donors (Lipinski definition) is 3. The highest BCUT2D eigenvalue weighted by Gasteiger charge is 2.35. The molecule has 0 aliphatic carbocycles. The van der Waals surface area contributed by atoms with Crippen LogP contribution in [0.25, 0.3) is 0 Å². The highest BCUT2D eigenvalue weighted by Crippen LogP contribution is 2.29. The van der Waals surface area contributed by atoms with Gasteiger partial charge in [0.15, 0.2) is 6.61 Å². The molecule has 180 valence electrons. The highest BCUT2D eigenvalue weighted by molar-refractivity contribution is 6.30. The van der Waals surface area contributed by atoms with E-state index in [-0.39, 0.29) is 41.6 Å². The van der Waals surface area contributed by atoms with Crippen LogP contribution in [-0.4, -0.2) is 46.8 Å². The van der Waals surface area contributed by atoms with Gasteiger partial charge in [0.05, 0.1) is 23.3 Å². The smallest absolute Gasteiger partial charge is 0.433 e. The molecule has 0 radical (unpaired) electrons. The molecule has 8 nitrogen and oxygen atoms in total. The minimum absolute atomic E-state index is 0.0511. The molecule has 1 fully saturated rings. The second kappa shape index (κ2) is 10.4. The van der Waals surface area contributed by atoms with Crippen molar-refractivity contribution in [3.05, 3.63) is 46.5 Å². The molecule has 2 unspecified atom stereocenters. The molecule has 3 rings (SSSR count). The van der Waals surface area contributed by atoms with E-state index >= 15 is 0 Å².